The van der Waals surface area contributed by atoms with Crippen LogP contribution in [0.4, 0.5) is 0 Å². The molecule has 38 heavy (non-hydrogen) atoms. The van der Waals surface area contributed by atoms with E-state index in [1.807, 2.05) is 37.3 Å². The number of ether oxygens (including phenoxy) is 1. The molecule has 2 atom stereocenters. The maximum atomic E-state index is 13.2. The lowest BCUT2D eigenvalue weighted by molar-refractivity contribution is -0.113. The Morgan fingerprint density at radius 1 is 1.11 bits per heavy atom. The fourth-order valence-electron chi connectivity index (χ4n) is 5.00. The fraction of sp³-hybridized carbons (Fsp3) is 0.312. The number of aldehydes is 1. The summed E-state index contributed by atoms with van der Waals surface area (Å²) >= 11 is 6.29. The molecule has 196 valence electrons. The van der Waals surface area contributed by atoms with E-state index in [4.69, 9.17) is 16.3 Å². The van der Waals surface area contributed by atoms with Crippen LogP contribution < -0.4 is 10.1 Å². The number of aromatic nitrogens is 1. The van der Waals surface area contributed by atoms with Gasteiger partial charge in [0.1, 0.15) is 5.75 Å². The zero-order valence-electron chi connectivity index (χ0n) is 22.3. The molecule has 6 heteroatoms. The van der Waals surface area contributed by atoms with E-state index in [9.17, 15) is 9.59 Å². The van der Waals surface area contributed by atoms with Crippen molar-refractivity contribution in [3.8, 4) is 5.75 Å². The quantitative estimate of drug-likeness (QED) is 0.232. The number of aryl methyl sites for hydroxylation is 1. The van der Waals surface area contributed by atoms with Gasteiger partial charge < -0.3 is 14.6 Å². The maximum Gasteiger partial charge on any atom is 0.251 e. The summed E-state index contributed by atoms with van der Waals surface area (Å²) in [6.07, 6.45) is 2.69. The van der Waals surface area contributed by atoms with Gasteiger partial charge in [0.2, 0.25) is 0 Å². The molecular formula is C32H33ClN2O3. The van der Waals surface area contributed by atoms with Gasteiger partial charge in [-0.25, -0.2) is 0 Å². The molecule has 1 fully saturated rings. The van der Waals surface area contributed by atoms with Crippen LogP contribution in [-0.2, 0) is 11.3 Å². The second kappa shape index (κ2) is 10.7. The summed E-state index contributed by atoms with van der Waals surface area (Å²) in [6, 6.07) is 20.0. The number of benzene rings is 3. The van der Waals surface area contributed by atoms with Crippen LogP contribution in [0, 0.1) is 13.8 Å². The lowest BCUT2D eigenvalue weighted by Crippen LogP contribution is -2.26. The van der Waals surface area contributed by atoms with Gasteiger partial charge in [0.15, 0.2) is 12.4 Å². The largest absolute Gasteiger partial charge is 0.482 e. The summed E-state index contributed by atoms with van der Waals surface area (Å²) in [5.41, 5.74) is 7.48. The molecule has 0 unspecified atom stereocenters. The van der Waals surface area contributed by atoms with Crippen molar-refractivity contribution in [2.75, 3.05) is 0 Å². The number of nitrogens with one attached hydrogen (secondary N) is 1. The number of rotatable bonds is 9. The summed E-state index contributed by atoms with van der Waals surface area (Å²) in [5.74, 6) is 1.09. The van der Waals surface area contributed by atoms with Gasteiger partial charge in [-0.1, -0.05) is 41.9 Å². The van der Waals surface area contributed by atoms with Crippen molar-refractivity contribution in [1.29, 1.82) is 0 Å². The average molecular weight is 529 g/mol. The van der Waals surface area contributed by atoms with Crippen LogP contribution >= 0.6 is 11.6 Å². The van der Waals surface area contributed by atoms with E-state index in [2.05, 4.69) is 48.0 Å². The molecule has 0 bridgehead atoms. The number of carbonyl (C=O) groups excluding carboxylic acids is 2. The first-order chi connectivity index (χ1) is 18.2. The second-order valence-electron chi connectivity index (χ2n) is 10.4. The highest BCUT2D eigenvalue weighted by Crippen LogP contribution is 2.40. The van der Waals surface area contributed by atoms with Gasteiger partial charge in [0.25, 0.3) is 5.91 Å². The zero-order valence-corrected chi connectivity index (χ0v) is 23.0. The molecule has 0 spiro atoms. The molecule has 0 radical (unpaired) electrons. The van der Waals surface area contributed by atoms with E-state index in [1.165, 1.54) is 18.4 Å². The van der Waals surface area contributed by atoms with Gasteiger partial charge in [-0.05, 0) is 99.0 Å². The van der Waals surface area contributed by atoms with Crippen molar-refractivity contribution in [3.05, 3.63) is 99.2 Å². The first-order valence-corrected chi connectivity index (χ1v) is 13.5. The van der Waals surface area contributed by atoms with Crippen LogP contribution in [-0.4, -0.2) is 22.9 Å². The first kappa shape index (κ1) is 26.1. The molecule has 1 aliphatic carbocycles. The first-order valence-electron chi connectivity index (χ1n) is 13.2. The molecule has 0 aliphatic heterocycles. The predicted octanol–water partition coefficient (Wildman–Crippen LogP) is 7.29. The Morgan fingerprint density at radius 2 is 1.89 bits per heavy atom. The Labute approximate surface area is 228 Å². The fourth-order valence-corrected chi connectivity index (χ4v) is 5.17. The van der Waals surface area contributed by atoms with E-state index in [-0.39, 0.29) is 11.9 Å². The highest BCUT2D eigenvalue weighted by Gasteiger charge is 2.24. The van der Waals surface area contributed by atoms with Gasteiger partial charge in [-0.3, -0.25) is 9.59 Å². The van der Waals surface area contributed by atoms with Crippen LogP contribution in [0.25, 0.3) is 10.9 Å². The third-order valence-corrected chi connectivity index (χ3v) is 7.86. The Kier molecular flexibility index (Phi) is 7.31. The van der Waals surface area contributed by atoms with Crippen LogP contribution in [0.3, 0.4) is 0 Å². The van der Waals surface area contributed by atoms with Gasteiger partial charge >= 0.3 is 0 Å². The average Bonchev–Trinajstić information content (AvgIpc) is 3.75. The number of halogens is 1. The van der Waals surface area contributed by atoms with E-state index < -0.39 is 6.10 Å². The van der Waals surface area contributed by atoms with Gasteiger partial charge in [-0.2, -0.15) is 0 Å². The molecule has 5 nitrogen and oxygen atoms in total. The number of carbonyl (C=O) groups is 2. The number of hydrogen-bond acceptors (Lipinski definition) is 3. The van der Waals surface area contributed by atoms with E-state index in [0.717, 1.165) is 39.6 Å². The monoisotopic (exact) mass is 528 g/mol. The molecular weight excluding hydrogens is 496 g/mol. The number of nitrogens with zero attached hydrogens (tertiary/aromatic N) is 1. The molecule has 1 heterocycles. The highest BCUT2D eigenvalue weighted by atomic mass is 35.5. The number of hydrogen-bond donors (Lipinski definition) is 1. The molecule has 1 aliphatic rings. The second-order valence-corrected chi connectivity index (χ2v) is 10.8. The van der Waals surface area contributed by atoms with Crippen molar-refractivity contribution in [2.45, 2.75) is 65.1 Å². The number of amides is 1. The third kappa shape index (κ3) is 5.34. The smallest absolute Gasteiger partial charge is 0.251 e. The Balaban J connectivity index is 1.37. The lowest BCUT2D eigenvalue weighted by atomic mass is 10.0. The minimum Gasteiger partial charge on any atom is -0.482 e. The molecule has 5 rings (SSSR count). The lowest BCUT2D eigenvalue weighted by Gasteiger charge is -2.16. The summed E-state index contributed by atoms with van der Waals surface area (Å²) in [4.78, 5) is 24.2. The predicted molar refractivity (Wildman–Crippen MR) is 152 cm³/mol. The summed E-state index contributed by atoms with van der Waals surface area (Å²) in [7, 11) is 0. The van der Waals surface area contributed by atoms with E-state index >= 15 is 0 Å². The van der Waals surface area contributed by atoms with Crippen molar-refractivity contribution in [2.24, 2.45) is 0 Å². The summed E-state index contributed by atoms with van der Waals surface area (Å²) < 4.78 is 7.90. The number of fused-ring (bicyclic) bond motifs is 1. The molecule has 1 saturated carbocycles. The minimum absolute atomic E-state index is 0.0763. The molecule has 0 saturated heterocycles. The topological polar surface area (TPSA) is 60.3 Å². The van der Waals surface area contributed by atoms with Crippen LogP contribution in [0.2, 0.25) is 5.02 Å². The SMILES string of the molecule is Cc1c(C)n(Cc2ccc(Cl)c(O[C@@H](C)C=O)c2)c2ccc(C(=O)N[C@@H](C)c3cccc(C4CC4)c3)cc12. The summed E-state index contributed by atoms with van der Waals surface area (Å²) in [6.45, 7) is 8.51. The van der Waals surface area contributed by atoms with E-state index in [1.54, 1.807) is 13.0 Å². The molecule has 1 N–H and O–H groups in total. The highest BCUT2D eigenvalue weighted by molar-refractivity contribution is 6.32. The Morgan fingerprint density at radius 3 is 2.63 bits per heavy atom. The Bertz CT molecular complexity index is 1520. The van der Waals surface area contributed by atoms with E-state index in [0.29, 0.717) is 28.8 Å². The molecule has 3 aromatic carbocycles. The van der Waals surface area contributed by atoms with Gasteiger partial charge in [0, 0.05) is 28.7 Å². The Hall–Kier alpha value is -3.57. The standard InChI is InChI=1S/C32H33ClN2O3/c1-19(18-36)38-31-14-23(8-12-29(31)33)17-35-22(4)20(2)28-16-27(11-13-30(28)35)32(37)34-21(3)25-6-5-7-26(15-25)24-9-10-24/h5-8,11-16,18-19,21,24H,9-10,17H2,1-4H3,(H,34,37)/t19-,21-/m0/s1. The van der Waals surface area contributed by atoms with Crippen LogP contribution in [0.5, 0.6) is 5.75 Å². The van der Waals surface area contributed by atoms with Crippen molar-refractivity contribution in [1.82, 2.24) is 9.88 Å². The maximum absolute atomic E-state index is 13.2. The molecule has 4 aromatic rings. The third-order valence-electron chi connectivity index (χ3n) is 7.55. The zero-order chi connectivity index (χ0) is 27.0. The van der Waals surface area contributed by atoms with Crippen molar-refractivity contribution < 1.29 is 14.3 Å². The van der Waals surface area contributed by atoms with Crippen LogP contribution in [0.15, 0.2) is 60.7 Å². The summed E-state index contributed by atoms with van der Waals surface area (Å²) in [5, 5.41) is 4.70. The normalized spacial score (nSPS) is 14.8. The molecule has 1 aromatic heterocycles. The molecule has 1 amide bonds. The minimum atomic E-state index is -0.575. The van der Waals surface area contributed by atoms with Crippen molar-refractivity contribution >= 4 is 34.7 Å². The van der Waals surface area contributed by atoms with Gasteiger partial charge in [-0.15, -0.1) is 0 Å². The van der Waals surface area contributed by atoms with Crippen LogP contribution in [0.1, 0.15) is 77.0 Å². The van der Waals surface area contributed by atoms with Crippen molar-refractivity contribution in [3.63, 3.8) is 0 Å². The van der Waals surface area contributed by atoms with Gasteiger partial charge in [0.05, 0.1) is 11.1 Å².